The van der Waals surface area contributed by atoms with Gasteiger partial charge in [0.05, 0.1) is 0 Å². The zero-order chi connectivity index (χ0) is 12.3. The minimum Gasteiger partial charge on any atom is -0.372 e. The largest absolute Gasteiger partial charge is 0.372 e. The van der Waals surface area contributed by atoms with Crippen LogP contribution in [0.25, 0.3) is 0 Å². The van der Waals surface area contributed by atoms with Gasteiger partial charge in [0.2, 0.25) is 5.91 Å². The number of benzene rings is 1. The molecule has 1 aromatic carbocycles. The Balaban J connectivity index is 2.09. The molecule has 0 aromatic heterocycles. The Kier molecular flexibility index (Phi) is 3.89. The van der Waals surface area contributed by atoms with Crippen LogP contribution >= 0.6 is 11.6 Å². The second kappa shape index (κ2) is 5.41. The molecule has 4 heteroatoms. The summed E-state index contributed by atoms with van der Waals surface area (Å²) in [4.78, 5) is 15.4. The smallest absolute Gasteiger partial charge is 0.241 e. The average molecular weight is 253 g/mol. The molecule has 0 unspecified atom stereocenters. The number of hydrogen-bond donors (Lipinski definition) is 0. The van der Waals surface area contributed by atoms with E-state index in [4.69, 9.17) is 11.6 Å². The minimum atomic E-state index is -0.0828. The van der Waals surface area contributed by atoms with Gasteiger partial charge < -0.3 is 9.80 Å². The average Bonchev–Trinajstić information content (AvgIpc) is 2.91. The maximum atomic E-state index is 11.4. The van der Waals surface area contributed by atoms with Crippen molar-refractivity contribution in [1.82, 2.24) is 0 Å². The summed E-state index contributed by atoms with van der Waals surface area (Å²) < 4.78 is 0. The molecule has 0 atom stereocenters. The molecule has 1 aliphatic heterocycles. The first-order valence-corrected chi connectivity index (χ1v) is 6.43. The molecule has 1 saturated heterocycles. The molecule has 1 aromatic rings. The van der Waals surface area contributed by atoms with E-state index in [1.54, 1.807) is 11.9 Å². The van der Waals surface area contributed by atoms with Crippen LogP contribution in [0.4, 0.5) is 11.4 Å². The highest BCUT2D eigenvalue weighted by atomic mass is 35.5. The van der Waals surface area contributed by atoms with E-state index in [-0.39, 0.29) is 11.8 Å². The number of halogens is 1. The van der Waals surface area contributed by atoms with Gasteiger partial charge in [-0.25, -0.2) is 0 Å². The molecule has 92 valence electrons. The number of carbonyl (C=O) groups is 1. The second-order valence-electron chi connectivity index (χ2n) is 4.30. The fourth-order valence-corrected chi connectivity index (χ4v) is 2.28. The topological polar surface area (TPSA) is 23.6 Å². The van der Waals surface area contributed by atoms with E-state index in [0.29, 0.717) is 0 Å². The van der Waals surface area contributed by atoms with Crippen LogP contribution in [-0.2, 0) is 4.79 Å². The molecule has 17 heavy (non-hydrogen) atoms. The van der Waals surface area contributed by atoms with E-state index in [1.165, 1.54) is 18.5 Å². The number of amides is 1. The third-order valence-electron chi connectivity index (χ3n) is 3.20. The lowest BCUT2D eigenvalue weighted by Gasteiger charge is -2.20. The van der Waals surface area contributed by atoms with E-state index in [0.717, 1.165) is 18.8 Å². The van der Waals surface area contributed by atoms with Gasteiger partial charge in [-0.1, -0.05) is 0 Å². The third kappa shape index (κ3) is 2.72. The van der Waals surface area contributed by atoms with Gasteiger partial charge in [0, 0.05) is 31.5 Å². The van der Waals surface area contributed by atoms with E-state index in [1.807, 2.05) is 12.1 Å². The maximum absolute atomic E-state index is 11.4. The summed E-state index contributed by atoms with van der Waals surface area (Å²) >= 11 is 5.53. The third-order valence-corrected chi connectivity index (χ3v) is 3.43. The first-order valence-electron chi connectivity index (χ1n) is 5.90. The molecule has 0 radical (unpaired) electrons. The van der Waals surface area contributed by atoms with Crippen molar-refractivity contribution in [2.75, 3.05) is 35.8 Å². The molecule has 2 rings (SSSR count). The molecule has 0 aliphatic carbocycles. The number of nitrogens with zero attached hydrogens (tertiary/aromatic N) is 2. The summed E-state index contributed by atoms with van der Waals surface area (Å²) in [6, 6.07) is 8.08. The normalized spacial score (nSPS) is 15.1. The van der Waals surface area contributed by atoms with Crippen molar-refractivity contribution in [3.05, 3.63) is 24.3 Å². The molecule has 1 amide bonds. The number of alkyl halides is 1. The van der Waals surface area contributed by atoms with Gasteiger partial charge in [-0.05, 0) is 37.1 Å². The van der Waals surface area contributed by atoms with Crippen LogP contribution in [0.5, 0.6) is 0 Å². The standard InChI is InChI=1S/C13H17ClN2O/c1-15(13(17)10-14)11-4-6-12(7-5-11)16-8-2-3-9-16/h4-7H,2-3,8-10H2,1H3. The van der Waals surface area contributed by atoms with Crippen molar-refractivity contribution >= 4 is 28.9 Å². The van der Waals surface area contributed by atoms with Crippen LogP contribution in [0.3, 0.4) is 0 Å². The highest BCUT2D eigenvalue weighted by molar-refractivity contribution is 6.29. The summed E-state index contributed by atoms with van der Waals surface area (Å²) in [5.41, 5.74) is 2.12. The predicted octanol–water partition coefficient (Wildman–Crippen LogP) is 2.49. The lowest BCUT2D eigenvalue weighted by Crippen LogP contribution is -2.27. The van der Waals surface area contributed by atoms with Gasteiger partial charge in [-0.2, -0.15) is 0 Å². The molecule has 1 heterocycles. The van der Waals surface area contributed by atoms with E-state index in [2.05, 4.69) is 17.0 Å². The van der Waals surface area contributed by atoms with Crippen molar-refractivity contribution in [3.8, 4) is 0 Å². The highest BCUT2D eigenvalue weighted by Crippen LogP contribution is 2.23. The molecule has 0 N–H and O–H groups in total. The van der Waals surface area contributed by atoms with Gasteiger partial charge in [-0.15, -0.1) is 11.6 Å². The minimum absolute atomic E-state index is 0.0182. The van der Waals surface area contributed by atoms with Crippen molar-refractivity contribution in [3.63, 3.8) is 0 Å². The molecule has 1 fully saturated rings. The summed E-state index contributed by atoms with van der Waals surface area (Å²) in [6.45, 7) is 2.27. The fourth-order valence-electron chi connectivity index (χ4n) is 2.10. The Morgan fingerprint density at radius 3 is 2.41 bits per heavy atom. The quantitative estimate of drug-likeness (QED) is 0.772. The number of anilines is 2. The highest BCUT2D eigenvalue weighted by Gasteiger charge is 2.13. The van der Waals surface area contributed by atoms with Gasteiger partial charge in [0.1, 0.15) is 5.88 Å². The molecular weight excluding hydrogens is 236 g/mol. The van der Waals surface area contributed by atoms with Crippen molar-refractivity contribution in [2.24, 2.45) is 0 Å². The molecular formula is C13H17ClN2O. The Bertz CT molecular complexity index is 385. The first kappa shape index (κ1) is 12.2. The number of carbonyl (C=O) groups excluding carboxylic acids is 1. The van der Waals surface area contributed by atoms with Gasteiger partial charge in [0.25, 0.3) is 0 Å². The summed E-state index contributed by atoms with van der Waals surface area (Å²) in [6.07, 6.45) is 2.54. The fraction of sp³-hybridized carbons (Fsp3) is 0.462. The zero-order valence-electron chi connectivity index (χ0n) is 10.0. The number of hydrogen-bond acceptors (Lipinski definition) is 2. The Hall–Kier alpha value is -1.22. The Morgan fingerprint density at radius 2 is 1.88 bits per heavy atom. The maximum Gasteiger partial charge on any atom is 0.241 e. The van der Waals surface area contributed by atoms with E-state index >= 15 is 0 Å². The molecule has 1 aliphatic rings. The first-order chi connectivity index (χ1) is 8.22. The van der Waals surface area contributed by atoms with Crippen LogP contribution in [0.1, 0.15) is 12.8 Å². The zero-order valence-corrected chi connectivity index (χ0v) is 10.8. The van der Waals surface area contributed by atoms with Crippen LogP contribution in [0.15, 0.2) is 24.3 Å². The summed E-state index contributed by atoms with van der Waals surface area (Å²) in [5, 5.41) is 0. The van der Waals surface area contributed by atoms with Crippen LogP contribution in [0.2, 0.25) is 0 Å². The van der Waals surface area contributed by atoms with Crippen LogP contribution in [-0.4, -0.2) is 31.9 Å². The predicted molar refractivity (Wildman–Crippen MR) is 72.0 cm³/mol. The van der Waals surface area contributed by atoms with Crippen molar-refractivity contribution in [1.29, 1.82) is 0 Å². The second-order valence-corrected chi connectivity index (χ2v) is 4.56. The van der Waals surface area contributed by atoms with Crippen LogP contribution < -0.4 is 9.80 Å². The Labute approximate surface area is 107 Å². The lowest BCUT2D eigenvalue weighted by atomic mass is 10.2. The summed E-state index contributed by atoms with van der Waals surface area (Å²) in [7, 11) is 1.75. The number of rotatable bonds is 3. The molecule has 0 saturated carbocycles. The van der Waals surface area contributed by atoms with Gasteiger partial charge >= 0.3 is 0 Å². The molecule has 3 nitrogen and oxygen atoms in total. The van der Waals surface area contributed by atoms with E-state index in [9.17, 15) is 4.79 Å². The molecule has 0 spiro atoms. The van der Waals surface area contributed by atoms with Crippen molar-refractivity contribution in [2.45, 2.75) is 12.8 Å². The lowest BCUT2D eigenvalue weighted by molar-refractivity contribution is -0.116. The monoisotopic (exact) mass is 252 g/mol. The Morgan fingerprint density at radius 1 is 1.29 bits per heavy atom. The van der Waals surface area contributed by atoms with Crippen molar-refractivity contribution < 1.29 is 4.79 Å². The van der Waals surface area contributed by atoms with E-state index < -0.39 is 0 Å². The SMILES string of the molecule is CN(C(=O)CCl)c1ccc(N2CCCC2)cc1. The molecule has 0 bridgehead atoms. The van der Waals surface area contributed by atoms with Crippen LogP contribution in [0, 0.1) is 0 Å². The summed E-state index contributed by atoms with van der Waals surface area (Å²) in [5.74, 6) is -0.0646. The van der Waals surface area contributed by atoms with Gasteiger partial charge in [-0.3, -0.25) is 4.79 Å². The van der Waals surface area contributed by atoms with Gasteiger partial charge in [0.15, 0.2) is 0 Å².